The van der Waals surface area contributed by atoms with Gasteiger partial charge < -0.3 is 9.47 Å². The monoisotopic (exact) mass is 413 g/mol. The molecule has 0 saturated carbocycles. The van der Waals surface area contributed by atoms with Crippen LogP contribution in [-0.2, 0) is 10.0 Å². The van der Waals surface area contributed by atoms with Crippen molar-refractivity contribution in [1.82, 2.24) is 4.72 Å². The zero-order valence-electron chi connectivity index (χ0n) is 13.7. The summed E-state index contributed by atoms with van der Waals surface area (Å²) in [7, 11) is -0.709. The van der Waals surface area contributed by atoms with Gasteiger partial charge in [0.1, 0.15) is 0 Å². The summed E-state index contributed by atoms with van der Waals surface area (Å²) in [6.45, 7) is 1.93. The summed E-state index contributed by atoms with van der Waals surface area (Å²) in [5.41, 5.74) is 0.907. The zero-order chi connectivity index (χ0) is 17.7. The van der Waals surface area contributed by atoms with E-state index in [1.165, 1.54) is 26.4 Å². The number of hydrogen-bond donors (Lipinski definition) is 1. The molecule has 1 atom stereocenters. The van der Waals surface area contributed by atoms with Crippen LogP contribution in [0, 0.1) is 0 Å². The molecule has 2 rings (SSSR count). The molecule has 0 saturated heterocycles. The normalized spacial score (nSPS) is 12.7. The van der Waals surface area contributed by atoms with Crippen molar-refractivity contribution in [1.29, 1.82) is 0 Å². The molecule has 7 heteroatoms. The molecular formula is C17H20BrNO4S. The van der Waals surface area contributed by atoms with Crippen LogP contribution in [0.15, 0.2) is 51.8 Å². The van der Waals surface area contributed by atoms with Gasteiger partial charge in [-0.2, -0.15) is 0 Å². The molecule has 1 unspecified atom stereocenters. The highest BCUT2D eigenvalue weighted by Crippen LogP contribution is 2.30. The Labute approximate surface area is 151 Å². The Hall–Kier alpha value is -1.57. The minimum Gasteiger partial charge on any atom is -0.493 e. The molecule has 2 aromatic rings. The van der Waals surface area contributed by atoms with Crippen molar-refractivity contribution in [3.8, 4) is 11.5 Å². The van der Waals surface area contributed by atoms with Crippen LogP contribution < -0.4 is 14.2 Å². The lowest BCUT2D eigenvalue weighted by atomic mass is 10.1. The molecule has 0 spiro atoms. The molecule has 130 valence electrons. The molecule has 0 aliphatic heterocycles. The summed E-state index contributed by atoms with van der Waals surface area (Å²) in [4.78, 5) is 0.135. The second kappa shape index (κ2) is 8.00. The lowest BCUT2D eigenvalue weighted by Crippen LogP contribution is -2.28. The maximum Gasteiger partial charge on any atom is 0.241 e. The highest BCUT2D eigenvalue weighted by atomic mass is 79.9. The van der Waals surface area contributed by atoms with Gasteiger partial charge in [-0.1, -0.05) is 35.0 Å². The van der Waals surface area contributed by atoms with Gasteiger partial charge in [0.15, 0.2) is 11.5 Å². The van der Waals surface area contributed by atoms with E-state index in [0.29, 0.717) is 17.9 Å². The molecule has 0 heterocycles. The average Bonchev–Trinajstić information content (AvgIpc) is 2.59. The number of halogens is 1. The number of ether oxygens (including phenoxy) is 2. The summed E-state index contributed by atoms with van der Waals surface area (Å²) in [6.07, 6.45) is 0.633. The van der Waals surface area contributed by atoms with E-state index in [0.717, 1.165) is 10.0 Å². The van der Waals surface area contributed by atoms with E-state index in [1.807, 2.05) is 31.2 Å². The molecule has 5 nitrogen and oxygen atoms in total. The van der Waals surface area contributed by atoms with Gasteiger partial charge in [-0.05, 0) is 36.2 Å². The molecule has 24 heavy (non-hydrogen) atoms. The standard InChI is InChI=1S/C17H20BrNO4S/c1-4-15(12-5-7-13(18)8-6-12)19-24(20,21)14-9-10-16(22-2)17(11-14)23-3/h5-11,15,19H,4H2,1-3H3. The molecule has 0 radical (unpaired) electrons. The molecule has 0 fully saturated rings. The second-order valence-electron chi connectivity index (χ2n) is 5.15. The number of sulfonamides is 1. The van der Waals surface area contributed by atoms with Gasteiger partial charge in [0, 0.05) is 16.6 Å². The molecule has 2 aromatic carbocycles. The molecule has 1 N–H and O–H groups in total. The Morgan fingerprint density at radius 2 is 1.67 bits per heavy atom. The fourth-order valence-electron chi connectivity index (χ4n) is 2.32. The summed E-state index contributed by atoms with van der Waals surface area (Å²) >= 11 is 3.38. The molecule has 0 amide bonds. The van der Waals surface area contributed by atoms with Crippen LogP contribution in [0.5, 0.6) is 11.5 Å². The van der Waals surface area contributed by atoms with Crippen molar-refractivity contribution in [2.24, 2.45) is 0 Å². The van der Waals surface area contributed by atoms with Crippen molar-refractivity contribution in [2.45, 2.75) is 24.3 Å². The number of benzene rings is 2. The van der Waals surface area contributed by atoms with Crippen molar-refractivity contribution < 1.29 is 17.9 Å². The Kier molecular flexibility index (Phi) is 6.26. The van der Waals surface area contributed by atoms with E-state index in [9.17, 15) is 8.42 Å². The summed E-state index contributed by atoms with van der Waals surface area (Å²) in [5.74, 6) is 0.855. The predicted octanol–water partition coefficient (Wildman–Crippen LogP) is 3.90. The van der Waals surface area contributed by atoms with Gasteiger partial charge in [0.05, 0.1) is 19.1 Å². The van der Waals surface area contributed by atoms with E-state index in [4.69, 9.17) is 9.47 Å². The van der Waals surface area contributed by atoms with E-state index in [1.54, 1.807) is 6.07 Å². The zero-order valence-corrected chi connectivity index (χ0v) is 16.1. The first-order chi connectivity index (χ1) is 11.4. The minimum absolute atomic E-state index is 0.135. The maximum absolute atomic E-state index is 12.7. The van der Waals surface area contributed by atoms with Crippen LogP contribution >= 0.6 is 15.9 Å². The Bertz CT molecular complexity index is 791. The van der Waals surface area contributed by atoms with E-state index < -0.39 is 10.0 Å². The Balaban J connectivity index is 2.30. The number of rotatable bonds is 7. The van der Waals surface area contributed by atoms with Crippen LogP contribution in [0.2, 0.25) is 0 Å². The summed E-state index contributed by atoms with van der Waals surface area (Å²) < 4.78 is 39.4. The minimum atomic E-state index is -3.68. The molecule has 0 aliphatic rings. The summed E-state index contributed by atoms with van der Waals surface area (Å²) in [5, 5.41) is 0. The second-order valence-corrected chi connectivity index (χ2v) is 7.78. The SMILES string of the molecule is CCC(NS(=O)(=O)c1ccc(OC)c(OC)c1)c1ccc(Br)cc1. The first-order valence-corrected chi connectivity index (χ1v) is 9.68. The van der Waals surface area contributed by atoms with Crippen molar-refractivity contribution >= 4 is 26.0 Å². The number of methoxy groups -OCH3 is 2. The average molecular weight is 414 g/mol. The van der Waals surface area contributed by atoms with Crippen LogP contribution in [-0.4, -0.2) is 22.6 Å². The third-order valence-electron chi connectivity index (χ3n) is 3.64. The van der Waals surface area contributed by atoms with Gasteiger partial charge in [-0.25, -0.2) is 13.1 Å². The smallest absolute Gasteiger partial charge is 0.241 e. The fourth-order valence-corrected chi connectivity index (χ4v) is 3.91. The van der Waals surface area contributed by atoms with Gasteiger partial charge in [-0.3, -0.25) is 0 Å². The highest BCUT2D eigenvalue weighted by Gasteiger charge is 2.21. The first kappa shape index (κ1) is 18.8. The van der Waals surface area contributed by atoms with Crippen LogP contribution in [0.1, 0.15) is 24.9 Å². The highest BCUT2D eigenvalue weighted by molar-refractivity contribution is 9.10. The Morgan fingerprint density at radius 1 is 1.04 bits per heavy atom. The lowest BCUT2D eigenvalue weighted by molar-refractivity contribution is 0.354. The third-order valence-corrected chi connectivity index (χ3v) is 5.64. The van der Waals surface area contributed by atoms with Gasteiger partial charge in [0.2, 0.25) is 10.0 Å². The quantitative estimate of drug-likeness (QED) is 0.747. The van der Waals surface area contributed by atoms with Crippen LogP contribution in [0.25, 0.3) is 0 Å². The van der Waals surface area contributed by atoms with Crippen LogP contribution in [0.4, 0.5) is 0 Å². The van der Waals surface area contributed by atoms with Crippen molar-refractivity contribution in [3.05, 3.63) is 52.5 Å². The summed E-state index contributed by atoms with van der Waals surface area (Å²) in [6, 6.07) is 11.8. The molecule has 0 bridgehead atoms. The largest absolute Gasteiger partial charge is 0.493 e. The molecule has 0 aromatic heterocycles. The lowest BCUT2D eigenvalue weighted by Gasteiger charge is -2.18. The molecule has 0 aliphatic carbocycles. The predicted molar refractivity (Wildman–Crippen MR) is 97.0 cm³/mol. The van der Waals surface area contributed by atoms with E-state index in [-0.39, 0.29) is 10.9 Å². The number of hydrogen-bond acceptors (Lipinski definition) is 4. The first-order valence-electron chi connectivity index (χ1n) is 7.41. The van der Waals surface area contributed by atoms with Gasteiger partial charge in [0.25, 0.3) is 0 Å². The maximum atomic E-state index is 12.7. The van der Waals surface area contributed by atoms with Crippen LogP contribution in [0.3, 0.4) is 0 Å². The van der Waals surface area contributed by atoms with Crippen molar-refractivity contribution in [3.63, 3.8) is 0 Å². The van der Waals surface area contributed by atoms with Crippen molar-refractivity contribution in [2.75, 3.05) is 14.2 Å². The fraction of sp³-hybridized carbons (Fsp3) is 0.294. The Morgan fingerprint density at radius 3 is 2.21 bits per heavy atom. The number of nitrogens with one attached hydrogen (secondary N) is 1. The van der Waals surface area contributed by atoms with Gasteiger partial charge in [-0.15, -0.1) is 0 Å². The topological polar surface area (TPSA) is 64.6 Å². The van der Waals surface area contributed by atoms with E-state index >= 15 is 0 Å². The molecular weight excluding hydrogens is 394 g/mol. The van der Waals surface area contributed by atoms with E-state index in [2.05, 4.69) is 20.7 Å². The third kappa shape index (κ3) is 4.28. The van der Waals surface area contributed by atoms with Gasteiger partial charge >= 0.3 is 0 Å².